The Balaban J connectivity index is 1.97. The first kappa shape index (κ1) is 18.1. The third-order valence-electron chi connectivity index (χ3n) is 4.30. The molecule has 0 saturated carbocycles. The molecule has 136 valence electrons. The van der Waals surface area contributed by atoms with Crippen LogP contribution in [-0.4, -0.2) is 38.5 Å². The Morgan fingerprint density at radius 3 is 2.19 bits per heavy atom. The van der Waals surface area contributed by atoms with E-state index in [2.05, 4.69) is 5.10 Å². The van der Waals surface area contributed by atoms with Crippen LogP contribution in [0.5, 0.6) is 17.2 Å². The van der Waals surface area contributed by atoms with E-state index in [9.17, 15) is 4.79 Å². The standard InChI is InChI=1S/C19H19ClN2O4/c1-24-17-8-13(9-18(25-2)19(17)26-3)15-10-16(22(11-23)21-15)12-4-6-14(20)7-5-12/h4-9,11,16H,10H2,1-3H3/t16-/m0/s1. The minimum absolute atomic E-state index is 0.182. The number of hydrogen-bond donors (Lipinski definition) is 0. The van der Waals surface area contributed by atoms with E-state index in [0.29, 0.717) is 28.7 Å². The van der Waals surface area contributed by atoms with Gasteiger partial charge >= 0.3 is 0 Å². The topological polar surface area (TPSA) is 60.4 Å². The van der Waals surface area contributed by atoms with E-state index in [1.165, 1.54) is 5.01 Å². The molecule has 3 rings (SSSR count). The molecule has 0 fully saturated rings. The van der Waals surface area contributed by atoms with E-state index in [1.54, 1.807) is 33.5 Å². The van der Waals surface area contributed by atoms with Gasteiger partial charge in [-0.15, -0.1) is 0 Å². The molecule has 0 spiro atoms. The van der Waals surface area contributed by atoms with Gasteiger partial charge in [-0.3, -0.25) is 4.79 Å². The van der Waals surface area contributed by atoms with Crippen LogP contribution in [0, 0.1) is 0 Å². The van der Waals surface area contributed by atoms with Crippen molar-refractivity contribution in [3.8, 4) is 17.2 Å². The average molecular weight is 375 g/mol. The average Bonchev–Trinajstić information content (AvgIpc) is 3.11. The number of rotatable bonds is 6. The van der Waals surface area contributed by atoms with Gasteiger partial charge in [-0.2, -0.15) is 5.10 Å². The van der Waals surface area contributed by atoms with Crippen molar-refractivity contribution in [3.63, 3.8) is 0 Å². The van der Waals surface area contributed by atoms with Gasteiger partial charge in [0.15, 0.2) is 11.5 Å². The molecule has 1 amide bonds. The highest BCUT2D eigenvalue weighted by molar-refractivity contribution is 6.30. The lowest BCUT2D eigenvalue weighted by molar-refractivity contribution is -0.119. The fourth-order valence-corrected chi connectivity index (χ4v) is 3.13. The van der Waals surface area contributed by atoms with Gasteiger partial charge < -0.3 is 14.2 Å². The molecule has 6 nitrogen and oxygen atoms in total. The number of halogens is 1. The molecule has 0 unspecified atom stereocenters. The molecular weight excluding hydrogens is 356 g/mol. The maximum absolute atomic E-state index is 11.5. The molecule has 7 heteroatoms. The number of hydrazone groups is 1. The summed E-state index contributed by atoms with van der Waals surface area (Å²) in [6.07, 6.45) is 1.29. The number of ether oxygens (including phenoxy) is 3. The lowest BCUT2D eigenvalue weighted by atomic mass is 9.98. The summed E-state index contributed by atoms with van der Waals surface area (Å²) in [5, 5.41) is 6.53. The zero-order chi connectivity index (χ0) is 18.7. The maximum Gasteiger partial charge on any atom is 0.230 e. The summed E-state index contributed by atoms with van der Waals surface area (Å²) in [5.74, 6) is 1.59. The normalized spacial score (nSPS) is 16.2. The van der Waals surface area contributed by atoms with Crippen molar-refractivity contribution in [1.82, 2.24) is 5.01 Å². The Labute approximate surface area is 156 Å². The van der Waals surface area contributed by atoms with Crippen LogP contribution >= 0.6 is 11.6 Å². The van der Waals surface area contributed by atoms with Crippen LogP contribution in [0.25, 0.3) is 0 Å². The van der Waals surface area contributed by atoms with Crippen molar-refractivity contribution < 1.29 is 19.0 Å². The Morgan fingerprint density at radius 1 is 1.08 bits per heavy atom. The van der Waals surface area contributed by atoms with Crippen LogP contribution in [0.4, 0.5) is 0 Å². The summed E-state index contributed by atoms with van der Waals surface area (Å²) in [6, 6.07) is 10.9. The SMILES string of the molecule is COc1cc(C2=NN(C=O)[C@H](c3ccc(Cl)cc3)C2)cc(OC)c1OC. The molecule has 0 aromatic heterocycles. The molecule has 0 aliphatic carbocycles. The Kier molecular flexibility index (Phi) is 5.32. The van der Waals surface area contributed by atoms with Crippen LogP contribution in [0.2, 0.25) is 5.02 Å². The monoisotopic (exact) mass is 374 g/mol. The fourth-order valence-electron chi connectivity index (χ4n) is 3.00. The zero-order valence-electron chi connectivity index (χ0n) is 14.7. The van der Waals surface area contributed by atoms with Crippen LogP contribution in [0.1, 0.15) is 23.6 Å². The van der Waals surface area contributed by atoms with E-state index in [0.717, 1.165) is 23.2 Å². The second-order valence-corrected chi connectivity index (χ2v) is 6.15. The van der Waals surface area contributed by atoms with Gasteiger partial charge in [0.05, 0.1) is 33.1 Å². The van der Waals surface area contributed by atoms with E-state index >= 15 is 0 Å². The molecule has 0 saturated heterocycles. The van der Waals surface area contributed by atoms with Gasteiger partial charge in [-0.05, 0) is 29.8 Å². The highest BCUT2D eigenvalue weighted by Crippen LogP contribution is 2.40. The van der Waals surface area contributed by atoms with Crippen LogP contribution < -0.4 is 14.2 Å². The molecule has 0 radical (unpaired) electrons. The largest absolute Gasteiger partial charge is 0.493 e. The molecule has 2 aromatic rings. The first-order chi connectivity index (χ1) is 12.6. The van der Waals surface area contributed by atoms with Crippen molar-refractivity contribution in [2.45, 2.75) is 12.5 Å². The van der Waals surface area contributed by atoms with E-state index < -0.39 is 0 Å². The summed E-state index contributed by atoms with van der Waals surface area (Å²) in [6.45, 7) is 0. The van der Waals surface area contributed by atoms with Crippen molar-refractivity contribution >= 4 is 23.7 Å². The minimum Gasteiger partial charge on any atom is -0.493 e. The highest BCUT2D eigenvalue weighted by atomic mass is 35.5. The highest BCUT2D eigenvalue weighted by Gasteiger charge is 2.29. The number of hydrogen-bond acceptors (Lipinski definition) is 5. The third-order valence-corrected chi connectivity index (χ3v) is 4.55. The van der Waals surface area contributed by atoms with Gasteiger partial charge in [0.1, 0.15) is 0 Å². The number of nitrogens with zero attached hydrogens (tertiary/aromatic N) is 2. The van der Waals surface area contributed by atoms with E-state index in [4.69, 9.17) is 25.8 Å². The van der Waals surface area contributed by atoms with Gasteiger partial charge in [-0.25, -0.2) is 5.01 Å². The van der Waals surface area contributed by atoms with Crippen LogP contribution in [0.3, 0.4) is 0 Å². The second-order valence-electron chi connectivity index (χ2n) is 5.72. The Bertz CT molecular complexity index is 811. The summed E-state index contributed by atoms with van der Waals surface area (Å²) < 4.78 is 16.1. The molecule has 1 aliphatic rings. The second kappa shape index (κ2) is 7.66. The van der Waals surface area contributed by atoms with E-state index in [1.807, 2.05) is 24.3 Å². The van der Waals surface area contributed by atoms with Crippen molar-refractivity contribution in [2.75, 3.05) is 21.3 Å². The number of carbonyl (C=O) groups excluding carboxylic acids is 1. The number of benzene rings is 2. The molecule has 1 atom stereocenters. The summed E-state index contributed by atoms with van der Waals surface area (Å²) in [4.78, 5) is 11.5. The Hall–Kier alpha value is -2.73. The molecule has 0 N–H and O–H groups in total. The Morgan fingerprint density at radius 2 is 1.69 bits per heavy atom. The van der Waals surface area contributed by atoms with E-state index in [-0.39, 0.29) is 6.04 Å². The number of carbonyl (C=O) groups is 1. The number of amides is 1. The first-order valence-corrected chi connectivity index (χ1v) is 8.36. The number of methoxy groups -OCH3 is 3. The molecule has 1 heterocycles. The predicted octanol–water partition coefficient (Wildman–Crippen LogP) is 3.67. The minimum atomic E-state index is -0.182. The molecule has 2 aromatic carbocycles. The van der Waals surface area contributed by atoms with Crippen molar-refractivity contribution in [3.05, 3.63) is 52.5 Å². The summed E-state index contributed by atoms with van der Waals surface area (Å²) in [5.41, 5.74) is 2.53. The van der Waals surface area contributed by atoms with Gasteiger partial charge in [0.2, 0.25) is 12.2 Å². The lowest BCUT2D eigenvalue weighted by Crippen LogP contribution is -2.17. The lowest BCUT2D eigenvalue weighted by Gasteiger charge is -2.17. The predicted molar refractivity (Wildman–Crippen MR) is 99.3 cm³/mol. The smallest absolute Gasteiger partial charge is 0.230 e. The summed E-state index contributed by atoms with van der Waals surface area (Å²) >= 11 is 5.96. The van der Waals surface area contributed by atoms with Crippen LogP contribution in [0.15, 0.2) is 41.5 Å². The zero-order valence-corrected chi connectivity index (χ0v) is 15.5. The van der Waals surface area contributed by atoms with Gasteiger partial charge in [-0.1, -0.05) is 23.7 Å². The van der Waals surface area contributed by atoms with Gasteiger partial charge in [0, 0.05) is 17.0 Å². The quantitative estimate of drug-likeness (QED) is 0.724. The summed E-state index contributed by atoms with van der Waals surface area (Å²) in [7, 11) is 4.68. The van der Waals surface area contributed by atoms with Gasteiger partial charge in [0.25, 0.3) is 0 Å². The third kappa shape index (κ3) is 3.32. The molecule has 26 heavy (non-hydrogen) atoms. The molecule has 1 aliphatic heterocycles. The fraction of sp³-hybridized carbons (Fsp3) is 0.263. The first-order valence-electron chi connectivity index (χ1n) is 7.98. The van der Waals surface area contributed by atoms with Crippen LogP contribution in [-0.2, 0) is 4.79 Å². The van der Waals surface area contributed by atoms with Crippen molar-refractivity contribution in [1.29, 1.82) is 0 Å². The molecular formula is C19H19ClN2O4. The maximum atomic E-state index is 11.5. The van der Waals surface area contributed by atoms with Crippen molar-refractivity contribution in [2.24, 2.45) is 5.10 Å². The molecule has 0 bridgehead atoms.